The lowest BCUT2D eigenvalue weighted by Gasteiger charge is -2.26. The minimum Gasteiger partial charge on any atom is -0.497 e. The van der Waals surface area contributed by atoms with Gasteiger partial charge in [0.25, 0.3) is 0 Å². The Bertz CT molecular complexity index is 1440. The monoisotopic (exact) mass is 518 g/mol. The summed E-state index contributed by atoms with van der Waals surface area (Å²) in [5.41, 5.74) is 7.31. The van der Waals surface area contributed by atoms with Crippen LogP contribution in [0.5, 0.6) is 23.0 Å². The van der Waals surface area contributed by atoms with E-state index < -0.39 is 53.3 Å². The third-order valence-corrected chi connectivity index (χ3v) is 5.38. The molecule has 190 valence electrons. The van der Waals surface area contributed by atoms with Crippen molar-refractivity contribution in [2.24, 2.45) is 5.73 Å². The van der Waals surface area contributed by atoms with E-state index >= 15 is 0 Å². The first-order valence-electron chi connectivity index (χ1n) is 10.4. The van der Waals surface area contributed by atoms with Gasteiger partial charge in [-0.25, -0.2) is 18.0 Å². The number of hydrogen-bond donors (Lipinski definition) is 1. The lowest BCUT2D eigenvalue weighted by molar-refractivity contribution is -0.136. The van der Waals surface area contributed by atoms with Crippen molar-refractivity contribution < 1.29 is 45.7 Å². The van der Waals surface area contributed by atoms with E-state index in [-0.39, 0.29) is 23.0 Å². The van der Waals surface area contributed by atoms with E-state index in [4.69, 9.17) is 19.9 Å². The average Bonchev–Trinajstić information content (AvgIpc) is 2.90. The number of methoxy groups -OCH3 is 1. The molecule has 1 unspecified atom stereocenters. The number of nitrogens with zero attached hydrogens (tertiary/aromatic N) is 1. The summed E-state index contributed by atoms with van der Waals surface area (Å²) in [4.78, 5) is 12.1. The molecule has 12 heteroatoms. The number of halogens is 5. The Morgan fingerprint density at radius 1 is 0.973 bits per heavy atom. The summed E-state index contributed by atoms with van der Waals surface area (Å²) in [6.07, 6.45) is 0. The van der Waals surface area contributed by atoms with Crippen molar-refractivity contribution in [1.29, 1.82) is 5.26 Å². The molecule has 1 heterocycles. The number of ether oxygens (including phenoxy) is 4. The number of carbonyl (C=O) groups excluding carboxylic acids is 1. The first-order chi connectivity index (χ1) is 17.7. The smallest absolute Gasteiger partial charge is 0.349 e. The molecule has 0 aliphatic carbocycles. The molecule has 0 fully saturated rings. The molecule has 0 saturated heterocycles. The minimum atomic E-state index is -2.36. The highest BCUT2D eigenvalue weighted by atomic mass is 19.2. The Morgan fingerprint density at radius 2 is 1.57 bits per heavy atom. The number of carbonyl (C=O) groups is 1. The van der Waals surface area contributed by atoms with E-state index in [1.165, 1.54) is 25.3 Å². The Balaban J connectivity index is 1.55. The van der Waals surface area contributed by atoms with Crippen LogP contribution in [0.25, 0.3) is 0 Å². The number of esters is 1. The van der Waals surface area contributed by atoms with Gasteiger partial charge in [0.2, 0.25) is 35.0 Å². The quantitative estimate of drug-likeness (QED) is 0.167. The van der Waals surface area contributed by atoms with Crippen molar-refractivity contribution in [3.8, 4) is 29.1 Å². The molecule has 0 amide bonds. The SMILES string of the molecule is COc1ccc(C2C(C#N)=C(N)Oc3cc(OC(=O)COc4c(F)c(F)c(F)c(F)c4F)ccc32)cc1. The van der Waals surface area contributed by atoms with Crippen LogP contribution < -0.4 is 24.7 Å². The molecule has 3 aromatic carbocycles. The van der Waals surface area contributed by atoms with Crippen LogP contribution >= 0.6 is 0 Å². The van der Waals surface area contributed by atoms with E-state index in [1.807, 2.05) is 6.07 Å². The summed E-state index contributed by atoms with van der Waals surface area (Å²) in [6, 6.07) is 13.1. The zero-order chi connectivity index (χ0) is 26.9. The Kier molecular flexibility index (Phi) is 6.88. The van der Waals surface area contributed by atoms with Gasteiger partial charge < -0.3 is 24.7 Å². The molecule has 2 N–H and O–H groups in total. The second-order valence-corrected chi connectivity index (χ2v) is 7.56. The van der Waals surface area contributed by atoms with Crippen molar-refractivity contribution in [2.45, 2.75) is 5.92 Å². The number of allylic oxidation sites excluding steroid dienone is 1. The van der Waals surface area contributed by atoms with Crippen molar-refractivity contribution in [3.05, 3.63) is 94.1 Å². The first-order valence-corrected chi connectivity index (χ1v) is 10.4. The van der Waals surface area contributed by atoms with E-state index in [1.54, 1.807) is 24.3 Å². The van der Waals surface area contributed by atoms with Gasteiger partial charge in [-0.2, -0.15) is 14.0 Å². The normalized spacial score (nSPS) is 14.4. The van der Waals surface area contributed by atoms with Crippen LogP contribution in [-0.4, -0.2) is 19.7 Å². The zero-order valence-electron chi connectivity index (χ0n) is 18.8. The van der Waals surface area contributed by atoms with Gasteiger partial charge in [-0.15, -0.1) is 0 Å². The minimum absolute atomic E-state index is 0.105. The van der Waals surface area contributed by atoms with Crippen LogP contribution in [0, 0.1) is 40.4 Å². The molecule has 1 aliphatic heterocycles. The fourth-order valence-corrected chi connectivity index (χ4v) is 3.64. The Morgan fingerprint density at radius 3 is 2.16 bits per heavy atom. The molecule has 0 radical (unpaired) electrons. The molecule has 0 bridgehead atoms. The fourth-order valence-electron chi connectivity index (χ4n) is 3.64. The number of hydrogen-bond acceptors (Lipinski definition) is 7. The molecule has 1 atom stereocenters. The summed E-state index contributed by atoms with van der Waals surface area (Å²) in [5.74, 6) is -14.2. The maximum Gasteiger partial charge on any atom is 0.349 e. The maximum absolute atomic E-state index is 13.7. The highest BCUT2D eigenvalue weighted by Gasteiger charge is 2.31. The number of nitrogens with two attached hydrogens (primary N) is 1. The Hall–Kier alpha value is -4.79. The standard InChI is InChI=1S/C25H15F5N2O5/c1-34-12-4-2-11(3-5-12)18-14-7-6-13(8-16(14)37-25(32)15(18)9-31)36-17(33)10-35-24-22(29)20(27)19(26)21(28)23(24)30/h2-8,18H,10,32H2,1H3. The van der Waals surface area contributed by atoms with Crippen LogP contribution in [-0.2, 0) is 4.79 Å². The van der Waals surface area contributed by atoms with Crippen LogP contribution in [0.4, 0.5) is 22.0 Å². The Labute approximate surface area is 206 Å². The molecule has 7 nitrogen and oxygen atoms in total. The van der Waals surface area contributed by atoms with Gasteiger partial charge >= 0.3 is 5.97 Å². The predicted molar refractivity (Wildman–Crippen MR) is 116 cm³/mol. The fraction of sp³-hybridized carbons (Fsp3) is 0.120. The first kappa shape index (κ1) is 25.3. The third kappa shape index (κ3) is 4.71. The molecule has 0 saturated carbocycles. The van der Waals surface area contributed by atoms with Crippen molar-refractivity contribution in [3.63, 3.8) is 0 Å². The second-order valence-electron chi connectivity index (χ2n) is 7.56. The summed E-state index contributed by atoms with van der Waals surface area (Å²) in [5, 5.41) is 9.64. The third-order valence-electron chi connectivity index (χ3n) is 5.38. The van der Waals surface area contributed by atoms with Gasteiger partial charge in [0.1, 0.15) is 28.9 Å². The predicted octanol–water partition coefficient (Wildman–Crippen LogP) is 4.59. The summed E-state index contributed by atoms with van der Waals surface area (Å²) >= 11 is 0. The van der Waals surface area contributed by atoms with Gasteiger partial charge in [-0.05, 0) is 23.8 Å². The van der Waals surface area contributed by atoms with Gasteiger partial charge in [0.15, 0.2) is 12.4 Å². The largest absolute Gasteiger partial charge is 0.497 e. The molecule has 37 heavy (non-hydrogen) atoms. The molecule has 0 aromatic heterocycles. The molecular formula is C25H15F5N2O5. The highest BCUT2D eigenvalue weighted by Crippen LogP contribution is 2.43. The summed E-state index contributed by atoms with van der Waals surface area (Å²) in [6.45, 7) is -1.18. The molecule has 1 aliphatic rings. The van der Waals surface area contributed by atoms with Gasteiger partial charge in [-0.3, -0.25) is 0 Å². The molecular weight excluding hydrogens is 503 g/mol. The second kappa shape index (κ2) is 10.1. The average molecular weight is 518 g/mol. The van der Waals surface area contributed by atoms with Gasteiger partial charge in [0.05, 0.1) is 13.0 Å². The molecule has 3 aromatic rings. The maximum atomic E-state index is 13.7. The van der Waals surface area contributed by atoms with Crippen LogP contribution in [0.1, 0.15) is 17.0 Å². The topological polar surface area (TPSA) is 104 Å². The van der Waals surface area contributed by atoms with Crippen LogP contribution in [0.2, 0.25) is 0 Å². The van der Waals surface area contributed by atoms with Crippen molar-refractivity contribution in [2.75, 3.05) is 13.7 Å². The number of benzene rings is 3. The van der Waals surface area contributed by atoms with Crippen LogP contribution in [0.3, 0.4) is 0 Å². The zero-order valence-corrected chi connectivity index (χ0v) is 18.8. The van der Waals surface area contributed by atoms with E-state index in [9.17, 15) is 32.0 Å². The summed E-state index contributed by atoms with van der Waals surface area (Å²) < 4.78 is 87.4. The summed E-state index contributed by atoms with van der Waals surface area (Å²) in [7, 11) is 1.51. The van der Waals surface area contributed by atoms with Crippen LogP contribution in [0.15, 0.2) is 53.9 Å². The van der Waals surface area contributed by atoms with E-state index in [0.29, 0.717) is 16.9 Å². The van der Waals surface area contributed by atoms with Crippen molar-refractivity contribution in [1.82, 2.24) is 0 Å². The van der Waals surface area contributed by atoms with Gasteiger partial charge in [-0.1, -0.05) is 18.2 Å². The molecule has 4 rings (SSSR count). The van der Waals surface area contributed by atoms with Gasteiger partial charge in [0, 0.05) is 11.6 Å². The number of nitriles is 1. The lowest BCUT2D eigenvalue weighted by atomic mass is 9.83. The molecule has 0 spiro atoms. The number of fused-ring (bicyclic) bond motifs is 1. The van der Waals surface area contributed by atoms with Crippen molar-refractivity contribution >= 4 is 5.97 Å². The van der Waals surface area contributed by atoms with E-state index in [2.05, 4.69) is 4.74 Å². The lowest BCUT2D eigenvalue weighted by Crippen LogP contribution is -2.22. The number of rotatable bonds is 6. The van der Waals surface area contributed by atoms with E-state index in [0.717, 1.165) is 0 Å². The highest BCUT2D eigenvalue weighted by molar-refractivity contribution is 5.74.